The number of H-pyrrole nitrogens is 1. The number of hydrogen-bond donors (Lipinski definition) is 3. The van der Waals surface area contributed by atoms with Crippen molar-refractivity contribution in [1.82, 2.24) is 15.2 Å². The third-order valence-electron chi connectivity index (χ3n) is 4.63. The third kappa shape index (κ3) is 3.00. The number of aromatic hydroxyl groups is 1. The normalized spacial score (nSPS) is 14.9. The largest absolute Gasteiger partial charge is 0.507 e. The molecule has 6 nitrogen and oxygen atoms in total. The van der Waals surface area contributed by atoms with E-state index in [1.54, 1.807) is 18.2 Å². The van der Waals surface area contributed by atoms with E-state index >= 15 is 0 Å². The van der Waals surface area contributed by atoms with Crippen LogP contribution < -0.4 is 5.32 Å². The Bertz CT molecular complexity index is 947. The first-order chi connectivity index (χ1) is 12.1. The number of para-hydroxylation sites is 1. The van der Waals surface area contributed by atoms with Gasteiger partial charge >= 0.3 is 0 Å². The first kappa shape index (κ1) is 16.1. The van der Waals surface area contributed by atoms with Crippen molar-refractivity contribution in [3.63, 3.8) is 0 Å². The zero-order valence-electron chi connectivity index (χ0n) is 13.4. The average molecular weight is 401 g/mol. The minimum Gasteiger partial charge on any atom is -0.507 e. The highest BCUT2D eigenvalue weighted by Gasteiger charge is 2.24. The van der Waals surface area contributed by atoms with Crippen LogP contribution in [0.4, 0.5) is 5.82 Å². The van der Waals surface area contributed by atoms with Gasteiger partial charge in [-0.3, -0.25) is 9.89 Å². The van der Waals surface area contributed by atoms with Gasteiger partial charge in [-0.1, -0.05) is 25.0 Å². The molecule has 3 aromatic rings. The fraction of sp³-hybridized carbons (Fsp3) is 0.278. The predicted octanol–water partition coefficient (Wildman–Crippen LogP) is 4.22. The summed E-state index contributed by atoms with van der Waals surface area (Å²) in [6.45, 7) is 0. The first-order valence-corrected chi connectivity index (χ1v) is 9.06. The number of benzene rings is 1. The molecule has 1 aliphatic rings. The summed E-state index contributed by atoms with van der Waals surface area (Å²) in [5.74, 6) is 0.740. The Morgan fingerprint density at radius 2 is 2.04 bits per heavy atom. The zero-order chi connectivity index (χ0) is 17.4. The summed E-state index contributed by atoms with van der Waals surface area (Å²) in [6, 6.07) is 8.88. The highest BCUT2D eigenvalue weighted by Crippen LogP contribution is 2.36. The van der Waals surface area contributed by atoms with Crippen molar-refractivity contribution in [2.75, 3.05) is 5.32 Å². The lowest BCUT2D eigenvalue weighted by Gasteiger charge is -2.09. The second kappa shape index (κ2) is 6.48. The third-order valence-corrected chi connectivity index (χ3v) is 5.24. The van der Waals surface area contributed by atoms with E-state index < -0.39 is 0 Å². The number of aromatic nitrogens is 3. The van der Waals surface area contributed by atoms with Gasteiger partial charge in [0.05, 0.1) is 11.1 Å². The molecule has 25 heavy (non-hydrogen) atoms. The van der Waals surface area contributed by atoms with Gasteiger partial charge in [0.15, 0.2) is 11.5 Å². The maximum absolute atomic E-state index is 12.3. The summed E-state index contributed by atoms with van der Waals surface area (Å²) in [5, 5.41) is 20.8. The van der Waals surface area contributed by atoms with Crippen LogP contribution in [-0.4, -0.2) is 26.2 Å². The first-order valence-electron chi connectivity index (χ1n) is 8.27. The fourth-order valence-corrected chi connectivity index (χ4v) is 3.82. The van der Waals surface area contributed by atoms with Gasteiger partial charge in [0.25, 0.3) is 0 Å². The Kier molecular flexibility index (Phi) is 4.17. The molecule has 1 aliphatic carbocycles. The van der Waals surface area contributed by atoms with Gasteiger partial charge in [0.2, 0.25) is 5.91 Å². The van der Waals surface area contributed by atoms with E-state index in [0.717, 1.165) is 35.5 Å². The Morgan fingerprint density at radius 3 is 2.80 bits per heavy atom. The number of aromatic amines is 1. The Balaban J connectivity index is 1.69. The molecule has 0 saturated heterocycles. The van der Waals surface area contributed by atoms with Crippen LogP contribution in [0.2, 0.25) is 0 Å². The number of halogens is 1. The van der Waals surface area contributed by atoms with E-state index in [9.17, 15) is 9.90 Å². The van der Waals surface area contributed by atoms with Crippen LogP contribution >= 0.6 is 15.9 Å². The summed E-state index contributed by atoms with van der Waals surface area (Å²) < 4.78 is 0.722. The molecule has 0 spiro atoms. The molecule has 1 aromatic carbocycles. The zero-order valence-corrected chi connectivity index (χ0v) is 15.0. The van der Waals surface area contributed by atoms with E-state index in [0.29, 0.717) is 22.7 Å². The molecular formula is C18H17BrN4O2. The monoisotopic (exact) mass is 400 g/mol. The SMILES string of the molecule is O=C(Nc1n[nH]c2nc(-c3ccccc3O)c(Br)cc12)C1CCCC1. The predicted molar refractivity (Wildman–Crippen MR) is 99.3 cm³/mol. The maximum Gasteiger partial charge on any atom is 0.228 e. The number of nitrogens with zero attached hydrogens (tertiary/aromatic N) is 2. The summed E-state index contributed by atoms with van der Waals surface area (Å²) in [5.41, 5.74) is 1.80. The van der Waals surface area contributed by atoms with Crippen LogP contribution in [-0.2, 0) is 4.79 Å². The number of nitrogens with one attached hydrogen (secondary N) is 2. The molecule has 0 unspecified atom stereocenters. The lowest BCUT2D eigenvalue weighted by Crippen LogP contribution is -2.20. The Hall–Kier alpha value is -2.41. The molecular weight excluding hydrogens is 384 g/mol. The maximum atomic E-state index is 12.3. The number of amides is 1. The van der Waals surface area contributed by atoms with E-state index in [1.165, 1.54) is 0 Å². The van der Waals surface area contributed by atoms with Crippen LogP contribution in [0.3, 0.4) is 0 Å². The van der Waals surface area contributed by atoms with Crippen molar-refractivity contribution in [2.45, 2.75) is 25.7 Å². The van der Waals surface area contributed by atoms with E-state index in [-0.39, 0.29) is 17.6 Å². The highest BCUT2D eigenvalue weighted by molar-refractivity contribution is 9.10. The molecule has 0 atom stereocenters. The molecule has 0 radical (unpaired) electrons. The second-order valence-electron chi connectivity index (χ2n) is 6.27. The number of phenols is 1. The van der Waals surface area contributed by atoms with Crippen LogP contribution in [0.15, 0.2) is 34.8 Å². The standard InChI is InChI=1S/C18H17BrN4O2/c19-13-9-12-16(20-15(13)11-7-3-4-8-14(11)24)22-23-17(12)21-18(25)10-5-1-2-6-10/h3-4,7-10,24H,1-2,5-6H2,(H2,20,21,22,23,25). The molecule has 0 aliphatic heterocycles. The molecule has 2 aromatic heterocycles. The number of hydrogen-bond acceptors (Lipinski definition) is 4. The quantitative estimate of drug-likeness (QED) is 0.613. The van der Waals surface area contributed by atoms with Gasteiger partial charge in [-0.05, 0) is 47.0 Å². The Morgan fingerprint density at radius 1 is 1.28 bits per heavy atom. The van der Waals surface area contributed by atoms with Crippen LogP contribution in [0.25, 0.3) is 22.3 Å². The summed E-state index contributed by atoms with van der Waals surface area (Å²) in [7, 11) is 0. The number of anilines is 1. The topological polar surface area (TPSA) is 90.9 Å². The number of rotatable bonds is 3. The van der Waals surface area contributed by atoms with E-state index in [1.807, 2.05) is 12.1 Å². The van der Waals surface area contributed by atoms with Crippen molar-refractivity contribution in [1.29, 1.82) is 0 Å². The van der Waals surface area contributed by atoms with Crippen LogP contribution in [0.1, 0.15) is 25.7 Å². The van der Waals surface area contributed by atoms with Crippen LogP contribution in [0, 0.1) is 5.92 Å². The van der Waals surface area contributed by atoms with Crippen molar-refractivity contribution in [3.05, 3.63) is 34.8 Å². The lowest BCUT2D eigenvalue weighted by molar-refractivity contribution is -0.119. The second-order valence-corrected chi connectivity index (χ2v) is 7.13. The van der Waals surface area contributed by atoms with Crippen molar-refractivity contribution < 1.29 is 9.90 Å². The molecule has 128 valence electrons. The smallest absolute Gasteiger partial charge is 0.228 e. The fourth-order valence-electron chi connectivity index (χ4n) is 3.29. The number of carbonyl (C=O) groups is 1. The van der Waals surface area contributed by atoms with E-state index in [4.69, 9.17) is 0 Å². The van der Waals surface area contributed by atoms with Gasteiger partial charge < -0.3 is 10.4 Å². The molecule has 2 heterocycles. The van der Waals surface area contributed by atoms with Gasteiger partial charge in [-0.2, -0.15) is 5.10 Å². The van der Waals surface area contributed by atoms with Gasteiger partial charge in [0.1, 0.15) is 5.75 Å². The van der Waals surface area contributed by atoms with Crippen molar-refractivity contribution >= 4 is 38.7 Å². The van der Waals surface area contributed by atoms with Crippen molar-refractivity contribution in [3.8, 4) is 17.0 Å². The molecule has 4 rings (SSSR count). The van der Waals surface area contributed by atoms with Crippen LogP contribution in [0.5, 0.6) is 5.75 Å². The number of fused-ring (bicyclic) bond motifs is 1. The summed E-state index contributed by atoms with van der Waals surface area (Å²) >= 11 is 3.51. The molecule has 3 N–H and O–H groups in total. The number of phenolic OH excluding ortho intramolecular Hbond substituents is 1. The van der Waals surface area contributed by atoms with Crippen molar-refractivity contribution in [2.24, 2.45) is 5.92 Å². The van der Waals surface area contributed by atoms with Gasteiger partial charge in [-0.25, -0.2) is 4.98 Å². The number of carbonyl (C=O) groups excluding carboxylic acids is 1. The number of pyridine rings is 1. The van der Waals surface area contributed by atoms with Gasteiger partial charge in [0, 0.05) is 16.0 Å². The van der Waals surface area contributed by atoms with E-state index in [2.05, 4.69) is 36.4 Å². The minimum absolute atomic E-state index is 0.0202. The lowest BCUT2D eigenvalue weighted by atomic mass is 10.1. The summed E-state index contributed by atoms with van der Waals surface area (Å²) in [6.07, 6.45) is 4.09. The summed E-state index contributed by atoms with van der Waals surface area (Å²) in [4.78, 5) is 16.9. The minimum atomic E-state index is 0.0202. The molecule has 7 heteroatoms. The average Bonchev–Trinajstić information content (AvgIpc) is 3.26. The molecule has 0 bridgehead atoms. The van der Waals surface area contributed by atoms with Gasteiger partial charge in [-0.15, -0.1) is 0 Å². The highest BCUT2D eigenvalue weighted by atomic mass is 79.9. The Labute approximate surface area is 152 Å². The molecule has 1 fully saturated rings. The molecule has 1 amide bonds. The molecule has 1 saturated carbocycles.